The summed E-state index contributed by atoms with van der Waals surface area (Å²) in [5.74, 6) is -0.576. The molecule has 37 heavy (non-hydrogen) atoms. The van der Waals surface area contributed by atoms with Crippen molar-refractivity contribution in [2.45, 2.75) is 30.9 Å². The van der Waals surface area contributed by atoms with Gasteiger partial charge in [-0.15, -0.1) is 5.10 Å². The average Bonchev–Trinajstić information content (AvgIpc) is 3.27. The summed E-state index contributed by atoms with van der Waals surface area (Å²) >= 11 is 12.8. The molecule has 0 bridgehead atoms. The molecule has 8 nitrogen and oxygen atoms in total. The standard InChI is InChI=1S/C25H23Cl2FN4O4S/c1-2-32-24(30-31-25(32)36-18-10-8-17(28)9-11-18)19(15-35-14-16-6-4-3-5-7-16)22-21(37(29,33)34)13-12-20(26)23(22)27/h3-13,19H,2,14-15H2,1H3,(H2,29,33,34)/t19-/m0/s1. The first kappa shape index (κ1) is 27.0. The van der Waals surface area contributed by atoms with Gasteiger partial charge in [0.2, 0.25) is 10.0 Å². The highest BCUT2D eigenvalue weighted by atomic mass is 35.5. The Hall–Kier alpha value is -3.02. The number of primary sulfonamides is 1. The Morgan fingerprint density at radius 1 is 1.03 bits per heavy atom. The van der Waals surface area contributed by atoms with Crippen molar-refractivity contribution in [2.24, 2.45) is 5.14 Å². The van der Waals surface area contributed by atoms with Crippen LogP contribution in [0.4, 0.5) is 4.39 Å². The molecule has 4 rings (SSSR count). The molecule has 4 aromatic rings. The van der Waals surface area contributed by atoms with Crippen molar-refractivity contribution < 1.29 is 22.3 Å². The van der Waals surface area contributed by atoms with Crippen LogP contribution in [0.2, 0.25) is 10.0 Å². The van der Waals surface area contributed by atoms with Gasteiger partial charge in [0.25, 0.3) is 0 Å². The van der Waals surface area contributed by atoms with Gasteiger partial charge in [-0.3, -0.25) is 4.57 Å². The molecule has 0 saturated heterocycles. The van der Waals surface area contributed by atoms with Crippen molar-refractivity contribution in [2.75, 3.05) is 6.61 Å². The number of hydrogen-bond acceptors (Lipinski definition) is 6. The fourth-order valence-corrected chi connectivity index (χ4v) is 5.14. The molecule has 0 fully saturated rings. The van der Waals surface area contributed by atoms with Gasteiger partial charge in [-0.1, -0.05) is 58.6 Å². The highest BCUT2D eigenvalue weighted by Crippen LogP contribution is 2.39. The molecule has 2 N–H and O–H groups in total. The minimum Gasteiger partial charge on any atom is -0.424 e. The quantitative estimate of drug-likeness (QED) is 0.271. The largest absolute Gasteiger partial charge is 0.424 e. The Kier molecular flexibility index (Phi) is 8.46. The first-order valence-corrected chi connectivity index (χ1v) is 13.5. The van der Waals surface area contributed by atoms with E-state index >= 15 is 0 Å². The Balaban J connectivity index is 1.78. The van der Waals surface area contributed by atoms with Gasteiger partial charge in [-0.25, -0.2) is 17.9 Å². The third-order valence-electron chi connectivity index (χ3n) is 5.54. The highest BCUT2D eigenvalue weighted by Gasteiger charge is 2.31. The van der Waals surface area contributed by atoms with Gasteiger partial charge in [-0.05, 0) is 48.9 Å². The van der Waals surface area contributed by atoms with Crippen LogP contribution in [-0.4, -0.2) is 29.8 Å². The van der Waals surface area contributed by atoms with Crippen LogP contribution < -0.4 is 9.88 Å². The normalized spacial score (nSPS) is 12.5. The number of sulfonamides is 1. The van der Waals surface area contributed by atoms with Crippen LogP contribution in [0.1, 0.15) is 29.8 Å². The Morgan fingerprint density at radius 3 is 2.38 bits per heavy atom. The monoisotopic (exact) mass is 564 g/mol. The SMILES string of the molecule is CCn1c(Oc2ccc(F)cc2)nnc1[C@@H](COCc1ccccc1)c1c(S(N)(=O)=O)ccc(Cl)c1Cl. The number of halogens is 3. The lowest BCUT2D eigenvalue weighted by atomic mass is 9.98. The predicted molar refractivity (Wildman–Crippen MR) is 138 cm³/mol. The number of nitrogens with zero attached hydrogens (tertiary/aromatic N) is 3. The second-order valence-corrected chi connectivity index (χ2v) is 10.3. The summed E-state index contributed by atoms with van der Waals surface area (Å²) in [6.07, 6.45) is 0. The summed E-state index contributed by atoms with van der Waals surface area (Å²) < 4.78 is 51.8. The first-order chi connectivity index (χ1) is 17.7. The molecule has 0 aliphatic carbocycles. The Labute approximate surface area is 223 Å². The third kappa shape index (κ3) is 6.28. The maximum atomic E-state index is 13.3. The van der Waals surface area contributed by atoms with Crippen LogP contribution in [0, 0.1) is 5.82 Å². The number of aromatic nitrogens is 3. The summed E-state index contributed by atoms with van der Waals surface area (Å²) in [7, 11) is -4.19. The molecule has 0 saturated carbocycles. The van der Waals surface area contributed by atoms with Crippen molar-refractivity contribution in [1.82, 2.24) is 14.8 Å². The fourth-order valence-electron chi connectivity index (χ4n) is 3.82. The average molecular weight is 565 g/mol. The van der Waals surface area contributed by atoms with E-state index in [2.05, 4.69) is 10.2 Å². The second-order valence-electron chi connectivity index (χ2n) is 8.01. The van der Waals surface area contributed by atoms with E-state index in [1.165, 1.54) is 36.4 Å². The van der Waals surface area contributed by atoms with Gasteiger partial charge < -0.3 is 9.47 Å². The van der Waals surface area contributed by atoms with Crippen LogP contribution in [-0.2, 0) is 27.9 Å². The molecule has 1 heterocycles. The van der Waals surface area contributed by atoms with E-state index in [-0.39, 0.29) is 39.7 Å². The van der Waals surface area contributed by atoms with Crippen LogP contribution in [0.25, 0.3) is 0 Å². The molecule has 3 aromatic carbocycles. The molecule has 0 spiro atoms. The summed E-state index contributed by atoms with van der Waals surface area (Å²) in [4.78, 5) is -0.207. The van der Waals surface area contributed by atoms with E-state index < -0.39 is 21.8 Å². The van der Waals surface area contributed by atoms with Gasteiger partial charge in [-0.2, -0.15) is 0 Å². The van der Waals surface area contributed by atoms with Gasteiger partial charge >= 0.3 is 6.01 Å². The molecule has 0 aliphatic heterocycles. The maximum Gasteiger partial charge on any atom is 0.322 e. The second kappa shape index (κ2) is 11.6. The first-order valence-electron chi connectivity index (χ1n) is 11.2. The molecule has 1 aromatic heterocycles. The van der Waals surface area contributed by atoms with Crippen molar-refractivity contribution in [3.05, 3.63) is 99.5 Å². The van der Waals surface area contributed by atoms with Crippen LogP contribution >= 0.6 is 23.2 Å². The minimum absolute atomic E-state index is 0.00755. The smallest absolute Gasteiger partial charge is 0.322 e. The summed E-state index contributed by atoms with van der Waals surface area (Å²) in [5, 5.41) is 14.1. The van der Waals surface area contributed by atoms with Crippen LogP contribution in [0.3, 0.4) is 0 Å². The van der Waals surface area contributed by atoms with Gasteiger partial charge in [0, 0.05) is 12.1 Å². The van der Waals surface area contributed by atoms with Gasteiger partial charge in [0.05, 0.1) is 34.1 Å². The summed E-state index contributed by atoms with van der Waals surface area (Å²) in [5.41, 5.74) is 1.06. The molecule has 194 valence electrons. The molecule has 0 radical (unpaired) electrons. The maximum absolute atomic E-state index is 13.3. The minimum atomic E-state index is -4.19. The molecular weight excluding hydrogens is 542 g/mol. The third-order valence-corrected chi connectivity index (χ3v) is 7.33. The lowest BCUT2D eigenvalue weighted by Gasteiger charge is -2.22. The molecule has 0 amide bonds. The van der Waals surface area contributed by atoms with Crippen molar-refractivity contribution >= 4 is 33.2 Å². The Bertz CT molecular complexity index is 1480. The van der Waals surface area contributed by atoms with E-state index in [4.69, 9.17) is 37.8 Å². The van der Waals surface area contributed by atoms with E-state index in [1.807, 2.05) is 37.3 Å². The molecular formula is C25H23Cl2FN4O4S. The summed E-state index contributed by atoms with van der Waals surface area (Å²) in [6.45, 7) is 2.43. The highest BCUT2D eigenvalue weighted by molar-refractivity contribution is 7.89. The fraction of sp³-hybridized carbons (Fsp3) is 0.200. The lowest BCUT2D eigenvalue weighted by molar-refractivity contribution is 0.111. The van der Waals surface area contributed by atoms with Crippen molar-refractivity contribution in [1.29, 1.82) is 0 Å². The Morgan fingerprint density at radius 2 is 1.73 bits per heavy atom. The number of benzene rings is 3. The number of nitrogens with two attached hydrogens (primary N) is 1. The van der Waals surface area contributed by atoms with Crippen LogP contribution in [0.15, 0.2) is 71.6 Å². The van der Waals surface area contributed by atoms with Gasteiger partial charge in [0.1, 0.15) is 17.4 Å². The van der Waals surface area contributed by atoms with Gasteiger partial charge in [0.15, 0.2) is 0 Å². The predicted octanol–water partition coefficient (Wildman–Crippen LogP) is 5.53. The molecule has 0 unspecified atom stereocenters. The zero-order chi connectivity index (χ0) is 26.6. The number of rotatable bonds is 10. The van der Waals surface area contributed by atoms with E-state index in [1.54, 1.807) is 4.57 Å². The molecule has 1 atom stereocenters. The zero-order valence-electron chi connectivity index (χ0n) is 19.6. The molecule has 0 aliphatic rings. The van der Waals surface area contributed by atoms with Crippen molar-refractivity contribution in [3.63, 3.8) is 0 Å². The van der Waals surface area contributed by atoms with Crippen molar-refractivity contribution in [3.8, 4) is 11.8 Å². The van der Waals surface area contributed by atoms with E-state index in [0.717, 1.165) is 5.56 Å². The van der Waals surface area contributed by atoms with Crippen LogP contribution in [0.5, 0.6) is 11.8 Å². The lowest BCUT2D eigenvalue weighted by Crippen LogP contribution is -2.22. The summed E-state index contributed by atoms with van der Waals surface area (Å²) in [6, 6.07) is 17.7. The van der Waals surface area contributed by atoms with E-state index in [9.17, 15) is 12.8 Å². The number of ether oxygens (including phenoxy) is 2. The topological polar surface area (TPSA) is 109 Å². The van der Waals surface area contributed by atoms with E-state index in [0.29, 0.717) is 18.1 Å². The zero-order valence-corrected chi connectivity index (χ0v) is 22.0. The molecule has 12 heteroatoms. The number of hydrogen-bond donors (Lipinski definition) is 1.